The number of halogens is 2. The quantitative estimate of drug-likeness (QED) is 0.771. The van der Waals surface area contributed by atoms with Crippen molar-refractivity contribution in [2.24, 2.45) is 11.3 Å². The maximum Gasteiger partial charge on any atom is 0.146 e. The molecule has 0 radical (unpaired) electrons. The van der Waals surface area contributed by atoms with Gasteiger partial charge in [-0.05, 0) is 49.3 Å². The Morgan fingerprint density at radius 2 is 2.00 bits per heavy atom. The van der Waals surface area contributed by atoms with Gasteiger partial charge in [0.25, 0.3) is 0 Å². The Balaban J connectivity index is 1.67. The van der Waals surface area contributed by atoms with Crippen molar-refractivity contribution in [2.45, 2.75) is 25.7 Å². The zero-order valence-electron chi connectivity index (χ0n) is 10.7. The maximum absolute atomic E-state index is 13.8. The van der Waals surface area contributed by atoms with Crippen LogP contribution < -0.4 is 4.90 Å². The molecule has 1 aliphatic carbocycles. The molecule has 0 aromatic heterocycles. The van der Waals surface area contributed by atoms with Gasteiger partial charge >= 0.3 is 0 Å². The molecule has 2 nitrogen and oxygen atoms in total. The molecule has 2 aliphatic rings. The molecule has 1 aromatic carbocycles. The lowest BCUT2D eigenvalue weighted by Crippen LogP contribution is -2.47. The number of aldehydes is 1. The molecule has 0 amide bonds. The number of hydrogen-bond donors (Lipinski definition) is 0. The number of hydrogen-bond acceptors (Lipinski definition) is 2. The minimum atomic E-state index is -0.209. The summed E-state index contributed by atoms with van der Waals surface area (Å²) in [5, 5.41) is 0.571. The molecule has 19 heavy (non-hydrogen) atoms. The largest absolute Gasteiger partial charge is 0.369 e. The van der Waals surface area contributed by atoms with Gasteiger partial charge in [-0.15, -0.1) is 0 Å². The summed E-state index contributed by atoms with van der Waals surface area (Å²) in [5.41, 5.74) is 0.950. The number of piperidine rings is 1. The molecule has 4 heteroatoms. The summed E-state index contributed by atoms with van der Waals surface area (Å²) in [4.78, 5) is 12.8. The van der Waals surface area contributed by atoms with Crippen LogP contribution in [0, 0.1) is 17.2 Å². The van der Waals surface area contributed by atoms with Crippen molar-refractivity contribution in [3.05, 3.63) is 29.0 Å². The van der Waals surface area contributed by atoms with Gasteiger partial charge in [0, 0.05) is 24.0 Å². The Morgan fingerprint density at radius 3 is 2.63 bits per heavy atom. The van der Waals surface area contributed by atoms with E-state index in [1.54, 1.807) is 12.1 Å². The van der Waals surface area contributed by atoms with Crippen molar-refractivity contribution >= 4 is 23.6 Å². The number of carbonyl (C=O) groups excluding carboxylic acids is 1. The number of benzene rings is 1. The summed E-state index contributed by atoms with van der Waals surface area (Å²) in [6.07, 6.45) is 5.20. The van der Waals surface area contributed by atoms with Crippen LogP contribution in [0.15, 0.2) is 18.2 Å². The second-order valence-electron chi connectivity index (χ2n) is 5.89. The van der Waals surface area contributed by atoms with Crippen molar-refractivity contribution in [3.8, 4) is 0 Å². The third-order valence-electron chi connectivity index (χ3n) is 4.66. The van der Waals surface area contributed by atoms with Crippen LogP contribution in [0.25, 0.3) is 0 Å². The molecule has 0 atom stereocenters. The number of rotatable bonds is 2. The van der Waals surface area contributed by atoms with E-state index in [0.29, 0.717) is 16.1 Å². The third kappa shape index (κ3) is 2.36. The number of carbonyl (C=O) groups is 1. The predicted octanol–water partition coefficient (Wildman–Crippen LogP) is 3.67. The lowest BCUT2D eigenvalue weighted by atomic mass is 9.58. The summed E-state index contributed by atoms with van der Waals surface area (Å²) < 4.78 is 13.8. The molecule has 1 saturated heterocycles. The predicted molar refractivity (Wildman–Crippen MR) is 74.1 cm³/mol. The fraction of sp³-hybridized carbons (Fsp3) is 0.533. The first-order valence-electron chi connectivity index (χ1n) is 6.77. The minimum Gasteiger partial charge on any atom is -0.369 e. The monoisotopic (exact) mass is 281 g/mol. The Morgan fingerprint density at radius 1 is 1.32 bits per heavy atom. The van der Waals surface area contributed by atoms with Crippen LogP contribution >= 0.6 is 11.6 Å². The highest BCUT2D eigenvalue weighted by Gasteiger charge is 2.45. The standard InChI is InChI=1S/C15H17ClFNO/c16-12-1-2-13(17)14(7-12)18-5-3-15(4-6-18)8-11(9-15)10-19/h1-2,7,10-11H,3-6,8-9H2. The summed E-state index contributed by atoms with van der Waals surface area (Å²) in [6.45, 7) is 1.70. The second-order valence-corrected chi connectivity index (χ2v) is 6.32. The molecule has 0 unspecified atom stereocenters. The molecule has 2 fully saturated rings. The van der Waals surface area contributed by atoms with E-state index in [0.717, 1.165) is 45.1 Å². The van der Waals surface area contributed by atoms with Gasteiger partial charge in [-0.2, -0.15) is 0 Å². The van der Waals surface area contributed by atoms with Gasteiger partial charge in [0.15, 0.2) is 0 Å². The highest BCUT2D eigenvalue weighted by Crippen LogP contribution is 2.52. The third-order valence-corrected chi connectivity index (χ3v) is 4.89. The average molecular weight is 282 g/mol. The lowest BCUT2D eigenvalue weighted by Gasteiger charge is -2.51. The van der Waals surface area contributed by atoms with E-state index in [9.17, 15) is 9.18 Å². The van der Waals surface area contributed by atoms with Gasteiger partial charge in [0.2, 0.25) is 0 Å². The van der Waals surface area contributed by atoms with E-state index < -0.39 is 0 Å². The van der Waals surface area contributed by atoms with Crippen molar-refractivity contribution in [1.82, 2.24) is 0 Å². The molecule has 1 aliphatic heterocycles. The Bertz CT molecular complexity index is 489. The number of anilines is 1. The molecule has 1 spiro atoms. The smallest absolute Gasteiger partial charge is 0.146 e. The van der Waals surface area contributed by atoms with Gasteiger partial charge < -0.3 is 9.69 Å². The fourth-order valence-electron chi connectivity index (χ4n) is 3.51. The van der Waals surface area contributed by atoms with Crippen molar-refractivity contribution in [3.63, 3.8) is 0 Å². The summed E-state index contributed by atoms with van der Waals surface area (Å²) >= 11 is 5.94. The van der Waals surface area contributed by atoms with Crippen LogP contribution in [0.4, 0.5) is 10.1 Å². The van der Waals surface area contributed by atoms with Crippen LogP contribution in [0.2, 0.25) is 5.02 Å². The molecule has 1 aromatic rings. The van der Waals surface area contributed by atoms with E-state index in [2.05, 4.69) is 4.90 Å². The number of nitrogens with zero attached hydrogens (tertiary/aromatic N) is 1. The molecule has 0 bridgehead atoms. The highest BCUT2D eigenvalue weighted by atomic mass is 35.5. The van der Waals surface area contributed by atoms with Crippen LogP contribution in [0.1, 0.15) is 25.7 Å². The van der Waals surface area contributed by atoms with Crippen molar-refractivity contribution in [1.29, 1.82) is 0 Å². The topological polar surface area (TPSA) is 20.3 Å². The normalized spacial score (nSPS) is 22.3. The molecule has 0 N–H and O–H groups in total. The summed E-state index contributed by atoms with van der Waals surface area (Å²) in [5.74, 6) is 0.0502. The van der Waals surface area contributed by atoms with E-state index in [-0.39, 0.29) is 11.7 Å². The summed E-state index contributed by atoms with van der Waals surface area (Å²) in [6, 6.07) is 4.70. The van der Waals surface area contributed by atoms with Crippen LogP contribution in [0.3, 0.4) is 0 Å². The van der Waals surface area contributed by atoms with Crippen LogP contribution in [-0.4, -0.2) is 19.4 Å². The van der Waals surface area contributed by atoms with E-state index in [1.165, 1.54) is 6.07 Å². The fourth-order valence-corrected chi connectivity index (χ4v) is 3.67. The first-order chi connectivity index (χ1) is 9.12. The van der Waals surface area contributed by atoms with Gasteiger partial charge in [-0.25, -0.2) is 4.39 Å². The van der Waals surface area contributed by atoms with E-state index in [4.69, 9.17) is 11.6 Å². The highest BCUT2D eigenvalue weighted by molar-refractivity contribution is 6.30. The van der Waals surface area contributed by atoms with Crippen molar-refractivity contribution < 1.29 is 9.18 Å². The first kappa shape index (κ1) is 12.9. The second kappa shape index (κ2) is 4.78. The van der Waals surface area contributed by atoms with Crippen molar-refractivity contribution in [2.75, 3.05) is 18.0 Å². The van der Waals surface area contributed by atoms with Gasteiger partial charge in [0.05, 0.1) is 5.69 Å². The zero-order chi connectivity index (χ0) is 13.5. The maximum atomic E-state index is 13.8. The van der Waals surface area contributed by atoms with Crippen LogP contribution in [-0.2, 0) is 4.79 Å². The lowest BCUT2D eigenvalue weighted by molar-refractivity contribution is -0.118. The SMILES string of the molecule is O=CC1CC2(CCN(c3cc(Cl)ccc3F)CC2)C1. The summed E-state index contributed by atoms with van der Waals surface area (Å²) in [7, 11) is 0. The molecular formula is C15H17ClFNO. The minimum absolute atomic E-state index is 0.209. The molecule has 3 rings (SSSR count). The molecule has 102 valence electrons. The molecule has 1 heterocycles. The Labute approximate surface area is 117 Å². The average Bonchev–Trinajstić information content (AvgIpc) is 2.39. The van der Waals surface area contributed by atoms with Gasteiger partial charge in [-0.3, -0.25) is 0 Å². The Kier molecular flexibility index (Phi) is 3.25. The molecular weight excluding hydrogens is 265 g/mol. The van der Waals surface area contributed by atoms with E-state index >= 15 is 0 Å². The Hall–Kier alpha value is -1.09. The van der Waals surface area contributed by atoms with Gasteiger partial charge in [-0.1, -0.05) is 11.6 Å². The van der Waals surface area contributed by atoms with E-state index in [1.807, 2.05) is 0 Å². The van der Waals surface area contributed by atoms with Crippen LogP contribution in [0.5, 0.6) is 0 Å². The first-order valence-corrected chi connectivity index (χ1v) is 7.15. The zero-order valence-corrected chi connectivity index (χ0v) is 11.5. The van der Waals surface area contributed by atoms with Gasteiger partial charge in [0.1, 0.15) is 12.1 Å². The molecule has 1 saturated carbocycles.